The molecule has 0 saturated heterocycles. The number of carbonyl (C=O) groups is 1. The van der Waals surface area contributed by atoms with Crippen molar-refractivity contribution in [1.82, 2.24) is 5.32 Å². The van der Waals surface area contributed by atoms with Gasteiger partial charge in [-0.05, 0) is 60.7 Å². The highest BCUT2D eigenvalue weighted by Gasteiger charge is 2.22. The van der Waals surface area contributed by atoms with Gasteiger partial charge >= 0.3 is 0 Å². The van der Waals surface area contributed by atoms with Gasteiger partial charge in [-0.25, -0.2) is 4.99 Å². The summed E-state index contributed by atoms with van der Waals surface area (Å²) in [6.45, 7) is 8.39. The average Bonchev–Trinajstić information content (AvgIpc) is 2.98. The number of nitrogens with one attached hydrogen (secondary N) is 1. The van der Waals surface area contributed by atoms with Crippen molar-refractivity contribution < 1.29 is 9.53 Å². The van der Waals surface area contributed by atoms with E-state index in [0.717, 1.165) is 16.9 Å². The third kappa shape index (κ3) is 3.54. The molecule has 0 unspecified atom stereocenters. The molecule has 1 aliphatic rings. The third-order valence-corrected chi connectivity index (χ3v) is 4.69. The van der Waals surface area contributed by atoms with E-state index in [2.05, 4.69) is 38.0 Å². The van der Waals surface area contributed by atoms with Gasteiger partial charge in [0.15, 0.2) is 0 Å². The lowest BCUT2D eigenvalue weighted by Gasteiger charge is -2.10. The summed E-state index contributed by atoms with van der Waals surface area (Å²) >= 11 is 0. The predicted molar refractivity (Wildman–Crippen MR) is 106 cm³/mol. The maximum atomic E-state index is 12.4. The summed E-state index contributed by atoms with van der Waals surface area (Å²) in [6, 6.07) is 12.1. The van der Waals surface area contributed by atoms with Gasteiger partial charge in [0.2, 0.25) is 0 Å². The highest BCUT2D eigenvalue weighted by molar-refractivity contribution is 6.19. The van der Waals surface area contributed by atoms with Gasteiger partial charge in [0.25, 0.3) is 5.91 Å². The highest BCUT2D eigenvalue weighted by Crippen LogP contribution is 2.27. The Morgan fingerprint density at radius 3 is 2.50 bits per heavy atom. The molecule has 0 atom stereocenters. The molecule has 3 rings (SSSR count). The van der Waals surface area contributed by atoms with Crippen LogP contribution >= 0.6 is 0 Å². The SMILES string of the molecule is COc1ccc(C(C)C)cc1/C=C1\N=C(c2ccc(C)c(C)c2)NC1=O. The topological polar surface area (TPSA) is 50.7 Å². The summed E-state index contributed by atoms with van der Waals surface area (Å²) in [4.78, 5) is 16.9. The molecular weight excluding hydrogens is 324 g/mol. The van der Waals surface area contributed by atoms with E-state index in [-0.39, 0.29) is 5.91 Å². The first-order valence-electron chi connectivity index (χ1n) is 8.76. The van der Waals surface area contributed by atoms with E-state index in [4.69, 9.17) is 4.74 Å². The van der Waals surface area contributed by atoms with Gasteiger partial charge in [-0.15, -0.1) is 0 Å². The van der Waals surface area contributed by atoms with E-state index in [0.29, 0.717) is 17.5 Å². The minimum absolute atomic E-state index is 0.199. The molecule has 1 amide bonds. The molecule has 26 heavy (non-hydrogen) atoms. The Hall–Kier alpha value is -2.88. The molecule has 0 bridgehead atoms. The Morgan fingerprint density at radius 2 is 1.85 bits per heavy atom. The monoisotopic (exact) mass is 348 g/mol. The van der Waals surface area contributed by atoms with Crippen LogP contribution in [0.4, 0.5) is 0 Å². The van der Waals surface area contributed by atoms with Crippen molar-refractivity contribution in [3.05, 3.63) is 69.9 Å². The standard InChI is InChI=1S/C22H24N2O2/c1-13(2)16-8-9-20(26-5)18(11-16)12-19-22(25)24-21(23-19)17-7-6-14(3)15(4)10-17/h6-13H,1-5H3,(H,23,24,25)/b19-12-. The van der Waals surface area contributed by atoms with Gasteiger partial charge in [0, 0.05) is 11.1 Å². The molecule has 0 fully saturated rings. The summed E-state index contributed by atoms with van der Waals surface area (Å²) in [5.74, 6) is 1.51. The summed E-state index contributed by atoms with van der Waals surface area (Å²) in [6.07, 6.45) is 1.79. The number of methoxy groups -OCH3 is 1. The summed E-state index contributed by atoms with van der Waals surface area (Å²) < 4.78 is 5.44. The van der Waals surface area contributed by atoms with Crippen molar-refractivity contribution in [3.63, 3.8) is 0 Å². The number of benzene rings is 2. The van der Waals surface area contributed by atoms with Gasteiger partial charge in [-0.1, -0.05) is 32.0 Å². The number of ether oxygens (including phenoxy) is 1. The van der Waals surface area contributed by atoms with Crippen LogP contribution in [0.1, 0.15) is 47.6 Å². The van der Waals surface area contributed by atoms with Gasteiger partial charge in [0.05, 0.1) is 7.11 Å². The number of aryl methyl sites for hydroxylation is 2. The lowest BCUT2D eigenvalue weighted by atomic mass is 10.00. The Bertz CT molecular complexity index is 924. The second-order valence-corrected chi connectivity index (χ2v) is 6.90. The Labute approximate surface area is 154 Å². The molecular formula is C22H24N2O2. The second-order valence-electron chi connectivity index (χ2n) is 6.90. The van der Waals surface area contributed by atoms with Crippen molar-refractivity contribution in [2.24, 2.45) is 4.99 Å². The van der Waals surface area contributed by atoms with E-state index in [1.165, 1.54) is 16.7 Å². The molecule has 1 N–H and O–H groups in total. The van der Waals surface area contributed by atoms with E-state index >= 15 is 0 Å². The van der Waals surface area contributed by atoms with Crippen LogP contribution in [-0.2, 0) is 4.79 Å². The Kier molecular flexibility index (Phi) is 4.94. The molecule has 0 spiro atoms. The van der Waals surface area contributed by atoms with Crippen LogP contribution in [0.15, 0.2) is 47.1 Å². The molecule has 2 aromatic carbocycles. The van der Waals surface area contributed by atoms with Crippen LogP contribution < -0.4 is 10.1 Å². The van der Waals surface area contributed by atoms with Crippen LogP contribution in [0.5, 0.6) is 5.75 Å². The van der Waals surface area contributed by atoms with Crippen LogP contribution in [0.25, 0.3) is 6.08 Å². The Morgan fingerprint density at radius 1 is 1.08 bits per heavy atom. The highest BCUT2D eigenvalue weighted by atomic mass is 16.5. The van der Waals surface area contributed by atoms with Crippen LogP contribution in [-0.4, -0.2) is 18.9 Å². The summed E-state index contributed by atoms with van der Waals surface area (Å²) in [5, 5.41) is 2.86. The van der Waals surface area contributed by atoms with Crippen molar-refractivity contribution in [2.45, 2.75) is 33.6 Å². The van der Waals surface area contributed by atoms with Gasteiger partial charge in [0.1, 0.15) is 17.3 Å². The van der Waals surface area contributed by atoms with E-state index in [1.54, 1.807) is 13.2 Å². The van der Waals surface area contributed by atoms with Crippen molar-refractivity contribution in [3.8, 4) is 5.75 Å². The summed E-state index contributed by atoms with van der Waals surface area (Å²) in [7, 11) is 1.63. The average molecular weight is 348 g/mol. The minimum atomic E-state index is -0.199. The van der Waals surface area contributed by atoms with Crippen molar-refractivity contribution in [2.75, 3.05) is 7.11 Å². The van der Waals surface area contributed by atoms with E-state index in [1.807, 2.05) is 36.4 Å². The zero-order chi connectivity index (χ0) is 18.8. The number of carbonyl (C=O) groups excluding carboxylic acids is 1. The van der Waals surface area contributed by atoms with E-state index in [9.17, 15) is 4.79 Å². The smallest absolute Gasteiger partial charge is 0.275 e. The molecule has 0 saturated carbocycles. The molecule has 1 aliphatic heterocycles. The minimum Gasteiger partial charge on any atom is -0.496 e. The summed E-state index contributed by atoms with van der Waals surface area (Å²) in [5.41, 5.74) is 5.72. The number of aliphatic imine (C=N–C) groups is 1. The van der Waals surface area contributed by atoms with Crippen LogP contribution in [0.3, 0.4) is 0 Å². The number of amides is 1. The molecule has 4 heteroatoms. The van der Waals surface area contributed by atoms with E-state index < -0.39 is 0 Å². The molecule has 2 aromatic rings. The van der Waals surface area contributed by atoms with Crippen LogP contribution in [0.2, 0.25) is 0 Å². The van der Waals surface area contributed by atoms with Crippen molar-refractivity contribution >= 4 is 17.8 Å². The van der Waals surface area contributed by atoms with Crippen LogP contribution in [0, 0.1) is 13.8 Å². The lowest BCUT2D eigenvalue weighted by molar-refractivity contribution is -0.115. The fraction of sp³-hybridized carbons (Fsp3) is 0.273. The number of rotatable bonds is 4. The normalized spacial score (nSPS) is 15.4. The van der Waals surface area contributed by atoms with Crippen molar-refractivity contribution in [1.29, 1.82) is 0 Å². The third-order valence-electron chi connectivity index (χ3n) is 4.69. The number of amidine groups is 1. The largest absolute Gasteiger partial charge is 0.496 e. The molecule has 0 aromatic heterocycles. The van der Waals surface area contributed by atoms with Gasteiger partial charge in [-0.2, -0.15) is 0 Å². The molecule has 1 heterocycles. The quantitative estimate of drug-likeness (QED) is 0.835. The fourth-order valence-electron chi connectivity index (χ4n) is 2.87. The fourth-order valence-corrected chi connectivity index (χ4v) is 2.87. The zero-order valence-electron chi connectivity index (χ0n) is 15.9. The molecule has 0 aliphatic carbocycles. The van der Waals surface area contributed by atoms with Gasteiger partial charge in [-0.3, -0.25) is 4.79 Å². The first kappa shape index (κ1) is 17.9. The predicted octanol–water partition coefficient (Wildman–Crippen LogP) is 4.35. The first-order valence-corrected chi connectivity index (χ1v) is 8.76. The zero-order valence-corrected chi connectivity index (χ0v) is 15.9. The number of hydrogen-bond acceptors (Lipinski definition) is 3. The number of hydrogen-bond donors (Lipinski definition) is 1. The molecule has 134 valence electrons. The second kappa shape index (κ2) is 7.16. The molecule has 4 nitrogen and oxygen atoms in total. The molecule has 0 radical (unpaired) electrons. The lowest BCUT2D eigenvalue weighted by Crippen LogP contribution is -2.24. The van der Waals surface area contributed by atoms with Gasteiger partial charge < -0.3 is 10.1 Å². The Balaban J connectivity index is 2.01. The first-order chi connectivity index (χ1) is 12.4. The maximum absolute atomic E-state index is 12.4. The number of nitrogens with zero attached hydrogens (tertiary/aromatic N) is 1. The maximum Gasteiger partial charge on any atom is 0.275 e.